The molecule has 1 aromatic heterocycles. The highest BCUT2D eigenvalue weighted by Gasteiger charge is 2.22. The van der Waals surface area contributed by atoms with E-state index >= 15 is 0 Å². The molecule has 1 N–H and O–H groups in total. The summed E-state index contributed by atoms with van der Waals surface area (Å²) in [4.78, 5) is 33.6. The third kappa shape index (κ3) is 4.62. The van der Waals surface area contributed by atoms with Gasteiger partial charge in [0.25, 0.3) is 11.5 Å². The van der Waals surface area contributed by atoms with Gasteiger partial charge in [-0.05, 0) is 73.4 Å². The fourth-order valence-corrected chi connectivity index (χ4v) is 4.51. The maximum Gasteiger partial charge on any atom is 0.267 e. The van der Waals surface area contributed by atoms with Crippen molar-refractivity contribution in [3.8, 4) is 11.4 Å². The Morgan fingerprint density at radius 2 is 1.83 bits per heavy atom. The van der Waals surface area contributed by atoms with Crippen LogP contribution < -0.4 is 20.5 Å². The van der Waals surface area contributed by atoms with Crippen LogP contribution in [0, 0.1) is 6.92 Å². The predicted octanol–water partition coefficient (Wildman–Crippen LogP) is 4.23. The number of benzene rings is 3. The van der Waals surface area contributed by atoms with Crippen LogP contribution >= 0.6 is 0 Å². The minimum Gasteiger partial charge on any atom is -0.497 e. The molecule has 0 unspecified atom stereocenters. The van der Waals surface area contributed by atoms with Gasteiger partial charge in [-0.1, -0.05) is 24.3 Å². The number of methoxy groups -OCH3 is 1. The van der Waals surface area contributed by atoms with Crippen molar-refractivity contribution >= 4 is 22.8 Å². The molecule has 0 radical (unpaired) electrons. The lowest BCUT2D eigenvalue weighted by atomic mass is 10.1. The Bertz CT molecular complexity index is 1450. The van der Waals surface area contributed by atoms with Gasteiger partial charge < -0.3 is 15.0 Å². The Morgan fingerprint density at radius 1 is 1.03 bits per heavy atom. The zero-order valence-corrected chi connectivity index (χ0v) is 20.0. The third-order valence-electron chi connectivity index (χ3n) is 6.35. The van der Waals surface area contributed by atoms with Crippen LogP contribution in [0.5, 0.6) is 5.75 Å². The smallest absolute Gasteiger partial charge is 0.267 e. The first-order valence-corrected chi connectivity index (χ1v) is 11.8. The number of nitrogens with one attached hydrogen (secondary N) is 1. The van der Waals surface area contributed by atoms with E-state index in [0.717, 1.165) is 48.5 Å². The van der Waals surface area contributed by atoms with E-state index in [1.807, 2.05) is 55.5 Å². The number of hydrogen-bond acceptors (Lipinski definition) is 5. The highest BCUT2D eigenvalue weighted by Crippen LogP contribution is 2.24. The monoisotopic (exact) mass is 468 g/mol. The van der Waals surface area contributed by atoms with Crippen molar-refractivity contribution in [2.24, 2.45) is 0 Å². The van der Waals surface area contributed by atoms with Gasteiger partial charge in [-0.25, -0.2) is 9.55 Å². The van der Waals surface area contributed by atoms with E-state index in [2.05, 4.69) is 10.2 Å². The quantitative estimate of drug-likeness (QED) is 0.458. The average Bonchev–Trinajstić information content (AvgIpc) is 3.42. The highest BCUT2D eigenvalue weighted by molar-refractivity contribution is 5.97. The summed E-state index contributed by atoms with van der Waals surface area (Å²) in [5.41, 5.74) is 3.67. The normalized spacial score (nSPS) is 13.3. The summed E-state index contributed by atoms with van der Waals surface area (Å²) in [7, 11) is 1.61. The number of carbonyl (C=O) groups is 1. The summed E-state index contributed by atoms with van der Waals surface area (Å²) in [5.74, 6) is 1.15. The second-order valence-electron chi connectivity index (χ2n) is 8.85. The molecule has 5 rings (SSSR count). The van der Waals surface area contributed by atoms with Crippen molar-refractivity contribution in [2.75, 3.05) is 25.1 Å². The van der Waals surface area contributed by atoms with Crippen molar-refractivity contribution in [1.29, 1.82) is 0 Å². The molecule has 1 aliphatic heterocycles. The minimum absolute atomic E-state index is 0.133. The molecular weight excluding hydrogens is 440 g/mol. The molecule has 0 aliphatic carbocycles. The average molecular weight is 469 g/mol. The molecule has 7 nitrogen and oxygen atoms in total. The van der Waals surface area contributed by atoms with Crippen LogP contribution in [0.15, 0.2) is 71.5 Å². The molecule has 0 atom stereocenters. The van der Waals surface area contributed by atoms with Crippen LogP contribution in [-0.2, 0) is 6.54 Å². The third-order valence-corrected chi connectivity index (χ3v) is 6.35. The standard InChI is InChI=1S/C28H28N4O3/c1-19-7-5-9-22(15-19)32-27(34)24-12-11-21(17-25(24)30-28(32)31-13-3-4-14-31)26(33)29-18-20-8-6-10-23(16-20)35-2/h5-12,15-17H,3-4,13-14,18H2,1-2H3,(H,29,33). The van der Waals surface area contributed by atoms with Crippen molar-refractivity contribution in [3.05, 3.63) is 93.8 Å². The Morgan fingerprint density at radius 3 is 2.60 bits per heavy atom. The van der Waals surface area contributed by atoms with E-state index in [0.29, 0.717) is 29.0 Å². The molecule has 0 spiro atoms. The first-order chi connectivity index (χ1) is 17.0. The molecule has 0 saturated carbocycles. The number of anilines is 1. The molecule has 1 aliphatic rings. The summed E-state index contributed by atoms with van der Waals surface area (Å²) in [5, 5.41) is 3.43. The van der Waals surface area contributed by atoms with Crippen molar-refractivity contribution < 1.29 is 9.53 Å². The number of ether oxygens (including phenoxy) is 1. The van der Waals surface area contributed by atoms with Crippen molar-refractivity contribution in [2.45, 2.75) is 26.3 Å². The molecule has 3 aromatic carbocycles. The Hall–Kier alpha value is -4.13. The number of amides is 1. The summed E-state index contributed by atoms with van der Waals surface area (Å²) >= 11 is 0. The van der Waals surface area contributed by atoms with Crippen LogP contribution in [0.25, 0.3) is 16.6 Å². The van der Waals surface area contributed by atoms with Gasteiger partial charge in [-0.2, -0.15) is 0 Å². The van der Waals surface area contributed by atoms with Crippen LogP contribution in [0.2, 0.25) is 0 Å². The van der Waals surface area contributed by atoms with Gasteiger partial charge >= 0.3 is 0 Å². The van der Waals surface area contributed by atoms with E-state index in [1.54, 1.807) is 29.9 Å². The molecular formula is C28H28N4O3. The number of nitrogens with zero attached hydrogens (tertiary/aromatic N) is 3. The van der Waals surface area contributed by atoms with Gasteiger partial charge in [-0.15, -0.1) is 0 Å². The lowest BCUT2D eigenvalue weighted by Gasteiger charge is -2.22. The molecule has 0 bridgehead atoms. The van der Waals surface area contributed by atoms with E-state index in [1.165, 1.54) is 0 Å². The molecule has 1 saturated heterocycles. The van der Waals surface area contributed by atoms with E-state index in [4.69, 9.17) is 9.72 Å². The van der Waals surface area contributed by atoms with Crippen LogP contribution in [0.3, 0.4) is 0 Å². The predicted molar refractivity (Wildman–Crippen MR) is 138 cm³/mol. The van der Waals surface area contributed by atoms with Crippen LogP contribution in [-0.4, -0.2) is 35.7 Å². The molecule has 7 heteroatoms. The summed E-state index contributed by atoms with van der Waals surface area (Å²) < 4.78 is 6.95. The van der Waals surface area contributed by atoms with Crippen LogP contribution in [0.1, 0.15) is 34.3 Å². The second kappa shape index (κ2) is 9.62. The Kier molecular flexibility index (Phi) is 6.23. The maximum absolute atomic E-state index is 13.7. The van der Waals surface area contributed by atoms with Gasteiger partial charge in [0.2, 0.25) is 5.95 Å². The number of fused-ring (bicyclic) bond motifs is 1. The van der Waals surface area contributed by atoms with Gasteiger partial charge in [-0.3, -0.25) is 9.59 Å². The van der Waals surface area contributed by atoms with Crippen molar-refractivity contribution in [3.63, 3.8) is 0 Å². The number of aromatic nitrogens is 2. The number of hydrogen-bond donors (Lipinski definition) is 1. The molecule has 1 amide bonds. The van der Waals surface area contributed by atoms with E-state index in [-0.39, 0.29) is 11.5 Å². The first-order valence-electron chi connectivity index (χ1n) is 11.8. The van der Waals surface area contributed by atoms with Gasteiger partial charge in [0.15, 0.2) is 0 Å². The zero-order valence-electron chi connectivity index (χ0n) is 20.0. The van der Waals surface area contributed by atoms with Crippen LogP contribution in [0.4, 0.5) is 5.95 Å². The van der Waals surface area contributed by atoms with E-state index in [9.17, 15) is 9.59 Å². The van der Waals surface area contributed by atoms with Gasteiger partial charge in [0.1, 0.15) is 5.75 Å². The summed E-state index contributed by atoms with van der Waals surface area (Å²) in [6, 6.07) is 20.5. The minimum atomic E-state index is -0.220. The topological polar surface area (TPSA) is 76.5 Å². The SMILES string of the molecule is COc1cccc(CNC(=O)c2ccc3c(=O)n(-c4cccc(C)c4)c(N4CCCC4)nc3c2)c1. The largest absolute Gasteiger partial charge is 0.497 e. The highest BCUT2D eigenvalue weighted by atomic mass is 16.5. The maximum atomic E-state index is 13.7. The molecule has 35 heavy (non-hydrogen) atoms. The number of rotatable bonds is 6. The fourth-order valence-electron chi connectivity index (χ4n) is 4.51. The molecule has 1 fully saturated rings. The van der Waals surface area contributed by atoms with Gasteiger partial charge in [0.05, 0.1) is 23.7 Å². The second-order valence-corrected chi connectivity index (χ2v) is 8.85. The fraction of sp³-hybridized carbons (Fsp3) is 0.250. The lowest BCUT2D eigenvalue weighted by Crippen LogP contribution is -2.30. The van der Waals surface area contributed by atoms with Gasteiger partial charge in [0, 0.05) is 25.2 Å². The zero-order chi connectivity index (χ0) is 24.4. The molecule has 4 aromatic rings. The molecule has 2 heterocycles. The summed E-state index contributed by atoms with van der Waals surface area (Å²) in [6.45, 7) is 4.08. The van der Waals surface area contributed by atoms with E-state index < -0.39 is 0 Å². The lowest BCUT2D eigenvalue weighted by molar-refractivity contribution is 0.0951. The first kappa shape index (κ1) is 22.7. The van der Waals surface area contributed by atoms with Crippen molar-refractivity contribution in [1.82, 2.24) is 14.9 Å². The number of carbonyl (C=O) groups excluding carboxylic acids is 1. The Balaban J connectivity index is 1.51. The Labute approximate surface area is 204 Å². The molecule has 178 valence electrons. The summed E-state index contributed by atoms with van der Waals surface area (Å²) in [6.07, 6.45) is 2.13. The number of aryl methyl sites for hydroxylation is 1.